The Morgan fingerprint density at radius 3 is 2.53 bits per heavy atom. The third-order valence-corrected chi connectivity index (χ3v) is 3.14. The van der Waals surface area contributed by atoms with E-state index in [1.54, 1.807) is 0 Å². The number of rotatable bonds is 3. The van der Waals surface area contributed by atoms with Crippen molar-refractivity contribution in [1.82, 2.24) is 4.98 Å². The molecule has 3 heteroatoms. The Morgan fingerprint density at radius 2 is 1.88 bits per heavy atom. The predicted molar refractivity (Wildman–Crippen MR) is 75.8 cm³/mol. The fraction of sp³-hybridized carbons (Fsp3) is 0.214. The second-order valence-electron chi connectivity index (χ2n) is 3.85. The first-order chi connectivity index (χ1) is 8.22. The van der Waals surface area contributed by atoms with Crippen molar-refractivity contribution in [2.75, 3.05) is 11.4 Å². The maximum Gasteiger partial charge on any atom is 0.134 e. The van der Waals surface area contributed by atoms with Crippen LogP contribution in [0.5, 0.6) is 0 Å². The van der Waals surface area contributed by atoms with Crippen LogP contribution in [0.4, 0.5) is 11.5 Å². The van der Waals surface area contributed by atoms with E-state index in [1.165, 1.54) is 11.3 Å². The lowest BCUT2D eigenvalue weighted by Gasteiger charge is -2.24. The molecule has 0 bridgehead atoms. The van der Waals surface area contributed by atoms with Gasteiger partial charge in [-0.3, -0.25) is 0 Å². The Kier molecular flexibility index (Phi) is 3.79. The van der Waals surface area contributed by atoms with Crippen molar-refractivity contribution in [2.45, 2.75) is 13.8 Å². The van der Waals surface area contributed by atoms with Crippen molar-refractivity contribution >= 4 is 27.4 Å². The summed E-state index contributed by atoms with van der Waals surface area (Å²) >= 11 is 3.41. The molecule has 0 aliphatic rings. The normalized spacial score (nSPS) is 10.3. The second kappa shape index (κ2) is 5.32. The van der Waals surface area contributed by atoms with Crippen molar-refractivity contribution < 1.29 is 0 Å². The van der Waals surface area contributed by atoms with E-state index >= 15 is 0 Å². The van der Waals surface area contributed by atoms with Crippen molar-refractivity contribution in [3.05, 3.63) is 52.6 Å². The molecule has 0 atom stereocenters. The first-order valence-electron chi connectivity index (χ1n) is 5.68. The predicted octanol–water partition coefficient (Wildman–Crippen LogP) is 4.31. The molecule has 1 aromatic heterocycles. The minimum atomic E-state index is 0.863. The summed E-state index contributed by atoms with van der Waals surface area (Å²) in [5.74, 6) is 0.969. The zero-order valence-electron chi connectivity index (χ0n) is 10.0. The van der Waals surface area contributed by atoms with Crippen LogP contribution in [0.3, 0.4) is 0 Å². The standard InChI is InChI=1S/C14H15BrN2/c1-3-17(12-8-5-4-7-11(12)2)14-10-6-9-13(15)16-14/h4-10H,3H2,1-2H3. The molecule has 0 spiro atoms. The van der Waals surface area contributed by atoms with Crippen LogP contribution in [-0.2, 0) is 0 Å². The van der Waals surface area contributed by atoms with E-state index < -0.39 is 0 Å². The van der Waals surface area contributed by atoms with Gasteiger partial charge in [-0.1, -0.05) is 24.3 Å². The molecule has 0 N–H and O–H groups in total. The van der Waals surface area contributed by atoms with E-state index in [4.69, 9.17) is 0 Å². The molecule has 0 fully saturated rings. The van der Waals surface area contributed by atoms with Gasteiger partial charge in [0.15, 0.2) is 0 Å². The zero-order chi connectivity index (χ0) is 12.3. The summed E-state index contributed by atoms with van der Waals surface area (Å²) in [5, 5.41) is 0. The van der Waals surface area contributed by atoms with Crippen LogP contribution in [0, 0.1) is 6.92 Å². The van der Waals surface area contributed by atoms with Crippen molar-refractivity contribution in [2.24, 2.45) is 0 Å². The fourth-order valence-electron chi connectivity index (χ4n) is 1.87. The molecular weight excluding hydrogens is 276 g/mol. The van der Waals surface area contributed by atoms with Gasteiger partial charge in [0.05, 0.1) is 0 Å². The number of halogens is 1. The molecule has 88 valence electrons. The van der Waals surface area contributed by atoms with E-state index in [1.807, 2.05) is 18.2 Å². The van der Waals surface area contributed by atoms with Gasteiger partial charge in [-0.2, -0.15) is 0 Å². The molecular formula is C14H15BrN2. The average Bonchev–Trinajstić information content (AvgIpc) is 2.33. The van der Waals surface area contributed by atoms with Gasteiger partial charge in [-0.15, -0.1) is 0 Å². The summed E-state index contributed by atoms with van der Waals surface area (Å²) in [6.07, 6.45) is 0. The van der Waals surface area contributed by atoms with E-state index in [0.29, 0.717) is 0 Å². The first kappa shape index (κ1) is 12.1. The van der Waals surface area contributed by atoms with Crippen LogP contribution in [0.25, 0.3) is 0 Å². The molecule has 2 aromatic rings. The molecule has 0 aliphatic heterocycles. The lowest BCUT2D eigenvalue weighted by Crippen LogP contribution is -2.18. The van der Waals surface area contributed by atoms with Crippen LogP contribution in [0.15, 0.2) is 47.1 Å². The SMILES string of the molecule is CCN(c1cccc(Br)n1)c1ccccc1C. The molecule has 2 rings (SSSR count). The summed E-state index contributed by atoms with van der Waals surface area (Å²) in [7, 11) is 0. The minimum absolute atomic E-state index is 0.863. The Hall–Kier alpha value is -1.35. The van der Waals surface area contributed by atoms with Gasteiger partial charge in [0.2, 0.25) is 0 Å². The maximum absolute atomic E-state index is 4.50. The molecule has 1 aromatic carbocycles. The highest BCUT2D eigenvalue weighted by molar-refractivity contribution is 9.10. The molecule has 0 aliphatic carbocycles. The number of hydrogen-bond donors (Lipinski definition) is 0. The van der Waals surface area contributed by atoms with Gasteiger partial charge >= 0.3 is 0 Å². The summed E-state index contributed by atoms with van der Waals surface area (Å²) in [6, 6.07) is 14.3. The number of aryl methyl sites for hydroxylation is 1. The van der Waals surface area contributed by atoms with E-state index in [2.05, 4.69) is 63.9 Å². The van der Waals surface area contributed by atoms with Crippen LogP contribution in [0.2, 0.25) is 0 Å². The molecule has 1 heterocycles. The van der Waals surface area contributed by atoms with Gasteiger partial charge in [0.1, 0.15) is 10.4 Å². The minimum Gasteiger partial charge on any atom is -0.326 e. The van der Waals surface area contributed by atoms with E-state index in [-0.39, 0.29) is 0 Å². The number of para-hydroxylation sites is 1. The molecule has 0 saturated heterocycles. The third-order valence-electron chi connectivity index (χ3n) is 2.70. The van der Waals surface area contributed by atoms with Gasteiger partial charge in [-0.05, 0) is 53.5 Å². The number of benzene rings is 1. The highest BCUT2D eigenvalue weighted by Crippen LogP contribution is 2.27. The summed E-state index contributed by atoms with van der Waals surface area (Å²) in [5.41, 5.74) is 2.47. The van der Waals surface area contributed by atoms with Crippen LogP contribution in [-0.4, -0.2) is 11.5 Å². The highest BCUT2D eigenvalue weighted by Gasteiger charge is 2.10. The highest BCUT2D eigenvalue weighted by atomic mass is 79.9. The zero-order valence-corrected chi connectivity index (χ0v) is 11.6. The van der Waals surface area contributed by atoms with Crippen molar-refractivity contribution in [1.29, 1.82) is 0 Å². The lowest BCUT2D eigenvalue weighted by atomic mass is 10.2. The summed E-state index contributed by atoms with van der Waals surface area (Å²) < 4.78 is 0.863. The Morgan fingerprint density at radius 1 is 1.12 bits per heavy atom. The molecule has 0 saturated carbocycles. The van der Waals surface area contributed by atoms with Gasteiger partial charge in [0.25, 0.3) is 0 Å². The molecule has 17 heavy (non-hydrogen) atoms. The number of hydrogen-bond acceptors (Lipinski definition) is 2. The summed E-state index contributed by atoms with van der Waals surface area (Å²) in [4.78, 5) is 6.71. The first-order valence-corrected chi connectivity index (χ1v) is 6.47. The summed E-state index contributed by atoms with van der Waals surface area (Å²) in [6.45, 7) is 5.15. The van der Waals surface area contributed by atoms with E-state index in [0.717, 1.165) is 17.0 Å². The Labute approximate surface area is 110 Å². The Balaban J connectivity index is 2.44. The Bertz CT molecular complexity index is 511. The van der Waals surface area contributed by atoms with E-state index in [9.17, 15) is 0 Å². The second-order valence-corrected chi connectivity index (χ2v) is 4.66. The van der Waals surface area contributed by atoms with Gasteiger partial charge in [-0.25, -0.2) is 4.98 Å². The largest absolute Gasteiger partial charge is 0.326 e. The van der Waals surface area contributed by atoms with Gasteiger partial charge in [0, 0.05) is 12.2 Å². The third kappa shape index (κ3) is 2.67. The number of anilines is 2. The smallest absolute Gasteiger partial charge is 0.134 e. The monoisotopic (exact) mass is 290 g/mol. The fourth-order valence-corrected chi connectivity index (χ4v) is 2.20. The molecule has 0 amide bonds. The average molecular weight is 291 g/mol. The number of pyridine rings is 1. The van der Waals surface area contributed by atoms with Gasteiger partial charge < -0.3 is 4.90 Å². The van der Waals surface area contributed by atoms with Crippen LogP contribution in [0.1, 0.15) is 12.5 Å². The lowest BCUT2D eigenvalue weighted by molar-refractivity contribution is 0.978. The van der Waals surface area contributed by atoms with Crippen molar-refractivity contribution in [3.63, 3.8) is 0 Å². The topological polar surface area (TPSA) is 16.1 Å². The van der Waals surface area contributed by atoms with Crippen LogP contribution >= 0.6 is 15.9 Å². The molecule has 2 nitrogen and oxygen atoms in total. The molecule has 0 unspecified atom stereocenters. The van der Waals surface area contributed by atoms with Crippen LogP contribution < -0.4 is 4.90 Å². The number of nitrogens with zero attached hydrogens (tertiary/aromatic N) is 2. The van der Waals surface area contributed by atoms with Crippen molar-refractivity contribution in [3.8, 4) is 0 Å². The molecule has 0 radical (unpaired) electrons. The maximum atomic E-state index is 4.50. The number of aromatic nitrogens is 1. The quantitative estimate of drug-likeness (QED) is 0.783.